The molecule has 0 aromatic carbocycles. The highest BCUT2D eigenvalue weighted by Gasteiger charge is 2.49. The highest BCUT2D eigenvalue weighted by molar-refractivity contribution is 5.85. The van der Waals surface area contributed by atoms with Crippen LogP contribution in [0.2, 0.25) is 0 Å². The van der Waals surface area contributed by atoms with Gasteiger partial charge in [-0.3, -0.25) is 0 Å². The van der Waals surface area contributed by atoms with Crippen LogP contribution >= 0.6 is 0 Å². The second-order valence-electron chi connectivity index (χ2n) is 3.40. The van der Waals surface area contributed by atoms with Crippen molar-refractivity contribution in [2.75, 3.05) is 0 Å². The molecule has 0 radical (unpaired) electrons. The van der Waals surface area contributed by atoms with E-state index < -0.39 is 30.0 Å². The number of aliphatic hydroxyl groups excluding tert-OH is 1. The van der Waals surface area contributed by atoms with Crippen molar-refractivity contribution in [3.8, 4) is 0 Å². The molecule has 0 saturated carbocycles. The van der Waals surface area contributed by atoms with E-state index in [-0.39, 0.29) is 6.42 Å². The predicted molar refractivity (Wildman–Crippen MR) is 67.9 cm³/mol. The van der Waals surface area contributed by atoms with Crippen molar-refractivity contribution < 1.29 is 33.7 Å². The van der Waals surface area contributed by atoms with Crippen LogP contribution in [0.25, 0.3) is 0 Å². The second kappa shape index (κ2) is 7.90. The molecular weight excluding hydrogens is 268 g/mol. The van der Waals surface area contributed by atoms with E-state index in [1.807, 2.05) is 0 Å². The zero-order valence-corrected chi connectivity index (χ0v) is 11.0. The van der Waals surface area contributed by atoms with Gasteiger partial charge in [0.1, 0.15) is 0 Å². The van der Waals surface area contributed by atoms with Crippen molar-refractivity contribution in [1.29, 1.82) is 0 Å². The van der Waals surface area contributed by atoms with Gasteiger partial charge in [-0.2, -0.15) is 0 Å². The van der Waals surface area contributed by atoms with Gasteiger partial charge >= 0.3 is 23.9 Å². The average molecular weight is 284 g/mol. The topological polar surface area (TPSA) is 99.1 Å². The smallest absolute Gasteiger partial charge is 0.383 e. The van der Waals surface area contributed by atoms with E-state index in [0.717, 1.165) is 18.2 Å². The lowest BCUT2D eigenvalue weighted by Gasteiger charge is -2.33. The molecule has 0 bridgehead atoms. The summed E-state index contributed by atoms with van der Waals surface area (Å²) >= 11 is 0. The number of ether oxygens (including phenoxy) is 3. The molecule has 0 saturated heterocycles. The molecule has 0 aliphatic rings. The summed E-state index contributed by atoms with van der Waals surface area (Å²) in [4.78, 5) is 33.9. The minimum atomic E-state index is -2.63. The predicted octanol–water partition coefficient (Wildman–Crippen LogP) is 0.599. The summed E-state index contributed by atoms with van der Waals surface area (Å²) in [5.41, 5.74) is 0. The first-order valence-electron chi connectivity index (χ1n) is 5.59. The highest BCUT2D eigenvalue weighted by atomic mass is 16.9. The van der Waals surface area contributed by atoms with Crippen molar-refractivity contribution in [2.45, 2.75) is 25.4 Å². The maximum atomic E-state index is 11.3. The van der Waals surface area contributed by atoms with Gasteiger partial charge in [0.15, 0.2) is 6.10 Å². The summed E-state index contributed by atoms with van der Waals surface area (Å²) in [6.07, 6.45) is 0.598. The Morgan fingerprint density at radius 2 is 1.30 bits per heavy atom. The fourth-order valence-electron chi connectivity index (χ4n) is 1.06. The third kappa shape index (κ3) is 4.69. The number of esters is 3. The summed E-state index contributed by atoms with van der Waals surface area (Å²) in [7, 11) is 0. The summed E-state index contributed by atoms with van der Waals surface area (Å²) in [5, 5.41) is 9.87. The molecule has 0 amide bonds. The van der Waals surface area contributed by atoms with Gasteiger partial charge in [-0.05, 0) is 6.42 Å². The van der Waals surface area contributed by atoms with Gasteiger partial charge in [0, 0.05) is 18.2 Å². The number of aliphatic hydroxyl groups is 1. The third-order valence-corrected chi connectivity index (χ3v) is 2.02. The van der Waals surface area contributed by atoms with Gasteiger partial charge in [0.2, 0.25) is 0 Å². The van der Waals surface area contributed by atoms with Gasteiger partial charge in [-0.25, -0.2) is 14.4 Å². The minimum absolute atomic E-state index is 0.0424. The molecule has 7 heteroatoms. The third-order valence-electron chi connectivity index (χ3n) is 2.02. The molecule has 0 fully saturated rings. The number of carbonyl (C=O) groups excluding carboxylic acids is 3. The maximum absolute atomic E-state index is 11.3. The second-order valence-corrected chi connectivity index (χ2v) is 3.40. The van der Waals surface area contributed by atoms with E-state index >= 15 is 0 Å². The molecule has 1 atom stereocenters. The Hall–Kier alpha value is -2.41. The van der Waals surface area contributed by atoms with Crippen LogP contribution in [-0.2, 0) is 28.6 Å². The first-order chi connectivity index (χ1) is 9.34. The monoisotopic (exact) mass is 284 g/mol. The Labute approximate surface area is 116 Å². The van der Waals surface area contributed by atoms with Gasteiger partial charge in [0.05, 0.1) is 0 Å². The zero-order valence-electron chi connectivity index (χ0n) is 11.0. The van der Waals surface area contributed by atoms with E-state index in [9.17, 15) is 19.5 Å². The Morgan fingerprint density at radius 1 is 1.00 bits per heavy atom. The van der Waals surface area contributed by atoms with E-state index in [0.29, 0.717) is 0 Å². The molecule has 7 nitrogen and oxygen atoms in total. The fraction of sp³-hybridized carbons (Fsp3) is 0.308. The van der Waals surface area contributed by atoms with E-state index in [1.54, 1.807) is 0 Å². The molecule has 0 aromatic rings. The average Bonchev–Trinajstić information content (AvgIpc) is 2.45. The zero-order chi connectivity index (χ0) is 15.8. The van der Waals surface area contributed by atoms with Crippen LogP contribution in [0.1, 0.15) is 13.3 Å². The van der Waals surface area contributed by atoms with Crippen LogP contribution < -0.4 is 0 Å². The van der Waals surface area contributed by atoms with Crippen molar-refractivity contribution in [2.24, 2.45) is 0 Å². The summed E-state index contributed by atoms with van der Waals surface area (Å²) in [5.74, 6) is -5.82. The van der Waals surface area contributed by atoms with Crippen molar-refractivity contribution in [3.05, 3.63) is 38.0 Å². The fourth-order valence-corrected chi connectivity index (χ4v) is 1.06. The molecule has 20 heavy (non-hydrogen) atoms. The molecule has 1 unspecified atom stereocenters. The van der Waals surface area contributed by atoms with Crippen LogP contribution in [0.5, 0.6) is 0 Å². The Balaban J connectivity index is 5.58. The first kappa shape index (κ1) is 17.6. The lowest BCUT2D eigenvalue weighted by molar-refractivity contribution is -0.358. The molecule has 0 rings (SSSR count). The largest absolute Gasteiger partial charge is 0.451 e. The van der Waals surface area contributed by atoms with Gasteiger partial charge in [-0.1, -0.05) is 26.7 Å². The van der Waals surface area contributed by atoms with Crippen LogP contribution in [0.4, 0.5) is 0 Å². The van der Waals surface area contributed by atoms with Crippen molar-refractivity contribution in [1.82, 2.24) is 0 Å². The Morgan fingerprint density at radius 3 is 1.50 bits per heavy atom. The van der Waals surface area contributed by atoms with Crippen LogP contribution in [0.15, 0.2) is 38.0 Å². The number of carbonyl (C=O) groups is 3. The van der Waals surface area contributed by atoms with Crippen LogP contribution in [-0.4, -0.2) is 35.1 Å². The first-order valence-corrected chi connectivity index (χ1v) is 5.59. The molecule has 110 valence electrons. The molecule has 0 aliphatic heterocycles. The molecule has 0 aromatic heterocycles. The summed E-state index contributed by atoms with van der Waals surface area (Å²) in [6, 6.07) is 0. The summed E-state index contributed by atoms with van der Waals surface area (Å²) in [6.45, 7) is 10.9. The van der Waals surface area contributed by atoms with Crippen molar-refractivity contribution >= 4 is 17.9 Å². The number of hydrogen-bond donors (Lipinski definition) is 1. The summed E-state index contributed by atoms with van der Waals surface area (Å²) < 4.78 is 14.1. The van der Waals surface area contributed by atoms with E-state index in [2.05, 4.69) is 19.7 Å². The van der Waals surface area contributed by atoms with Crippen LogP contribution in [0, 0.1) is 0 Å². The minimum Gasteiger partial charge on any atom is -0.383 e. The Bertz CT molecular complexity index is 369. The standard InChI is InChI=1S/C13H16O7/c1-5-9(14)13(18-10(15)6-2,19-11(16)7-3)20-12(17)8-4/h6-9,14H,2-5H2,1H3. The quantitative estimate of drug-likeness (QED) is 0.396. The lowest BCUT2D eigenvalue weighted by atomic mass is 10.2. The highest BCUT2D eigenvalue weighted by Crippen LogP contribution is 2.24. The van der Waals surface area contributed by atoms with Crippen molar-refractivity contribution in [3.63, 3.8) is 0 Å². The number of rotatable bonds is 8. The molecule has 1 N–H and O–H groups in total. The van der Waals surface area contributed by atoms with Gasteiger partial charge < -0.3 is 19.3 Å². The molecule has 0 aliphatic carbocycles. The maximum Gasteiger partial charge on any atom is 0.451 e. The number of hydrogen-bond acceptors (Lipinski definition) is 7. The van der Waals surface area contributed by atoms with Gasteiger partial charge in [-0.15, -0.1) is 0 Å². The van der Waals surface area contributed by atoms with E-state index in [4.69, 9.17) is 14.2 Å². The Kier molecular flexibility index (Phi) is 6.95. The molecule has 0 heterocycles. The van der Waals surface area contributed by atoms with Crippen LogP contribution in [0.3, 0.4) is 0 Å². The molecule has 0 spiro atoms. The lowest BCUT2D eigenvalue weighted by Crippen LogP contribution is -2.52. The normalized spacial score (nSPS) is 11.7. The molecular formula is C13H16O7. The van der Waals surface area contributed by atoms with Gasteiger partial charge in [0.25, 0.3) is 0 Å². The van der Waals surface area contributed by atoms with E-state index in [1.165, 1.54) is 6.92 Å². The SMILES string of the molecule is C=CC(=O)OC(OC(=O)C=C)(OC(=O)C=C)C(O)CC.